The van der Waals surface area contributed by atoms with E-state index in [1.807, 2.05) is 12.1 Å². The maximum Gasteiger partial charge on any atom is 0.153 e. The number of nitrogens with two attached hydrogens (primary N) is 1. The zero-order valence-corrected chi connectivity index (χ0v) is 13.0. The maximum absolute atomic E-state index is 6.65. The molecule has 0 aliphatic heterocycles. The normalized spacial score (nSPS) is 26.9. The van der Waals surface area contributed by atoms with Gasteiger partial charge in [-0.05, 0) is 50.7 Å². The number of hydrogen-bond donors (Lipinski definition) is 1. The quantitative estimate of drug-likeness (QED) is 0.907. The third kappa shape index (κ3) is 2.42. The minimum absolute atomic E-state index is 0.230. The molecule has 2 heterocycles. The lowest BCUT2D eigenvalue weighted by Crippen LogP contribution is -2.40. The highest BCUT2D eigenvalue weighted by Crippen LogP contribution is 2.42. The highest BCUT2D eigenvalue weighted by Gasteiger charge is 2.36. The molecule has 0 atom stereocenters. The summed E-state index contributed by atoms with van der Waals surface area (Å²) in [6.07, 6.45) is 7.51. The first-order chi connectivity index (χ1) is 9.62. The fraction of sp³-hybridized carbons (Fsp3) is 0.562. The highest BCUT2D eigenvalue weighted by molar-refractivity contribution is 7.12. The molecular formula is C16H22N2OS. The van der Waals surface area contributed by atoms with Gasteiger partial charge in [0.15, 0.2) is 5.76 Å². The van der Waals surface area contributed by atoms with Gasteiger partial charge in [-0.3, -0.25) is 0 Å². The summed E-state index contributed by atoms with van der Waals surface area (Å²) >= 11 is 1.73. The summed E-state index contributed by atoms with van der Waals surface area (Å²) in [4.78, 5) is 5.99. The first-order valence-corrected chi connectivity index (χ1v) is 8.24. The van der Waals surface area contributed by atoms with Crippen LogP contribution in [0, 0.1) is 12.8 Å². The maximum atomic E-state index is 6.65. The van der Waals surface area contributed by atoms with Crippen molar-refractivity contribution in [3.05, 3.63) is 28.3 Å². The van der Waals surface area contributed by atoms with Crippen molar-refractivity contribution >= 4 is 11.3 Å². The first kappa shape index (κ1) is 13.8. The molecule has 3 nitrogen and oxygen atoms in total. The van der Waals surface area contributed by atoms with E-state index in [4.69, 9.17) is 15.1 Å². The van der Waals surface area contributed by atoms with Gasteiger partial charge in [0.1, 0.15) is 10.7 Å². The van der Waals surface area contributed by atoms with Crippen LogP contribution < -0.4 is 5.73 Å². The fourth-order valence-electron chi connectivity index (χ4n) is 3.07. The number of aryl methyl sites for hydroxylation is 1. The second-order valence-electron chi connectivity index (χ2n) is 5.91. The lowest BCUT2D eigenvalue weighted by atomic mass is 9.76. The molecule has 0 unspecified atom stereocenters. The molecule has 3 rings (SSSR count). The van der Waals surface area contributed by atoms with E-state index in [2.05, 4.69) is 13.8 Å². The number of thiazole rings is 1. The zero-order chi connectivity index (χ0) is 14.2. The summed E-state index contributed by atoms with van der Waals surface area (Å²) in [7, 11) is 0. The Bertz CT molecular complexity index is 565. The van der Waals surface area contributed by atoms with Crippen LogP contribution in [0.4, 0.5) is 0 Å². The molecule has 0 aromatic carbocycles. The van der Waals surface area contributed by atoms with Gasteiger partial charge >= 0.3 is 0 Å². The van der Waals surface area contributed by atoms with Gasteiger partial charge in [-0.25, -0.2) is 4.98 Å². The molecule has 0 saturated heterocycles. The topological polar surface area (TPSA) is 52.0 Å². The summed E-state index contributed by atoms with van der Waals surface area (Å²) in [6.45, 7) is 4.37. The van der Waals surface area contributed by atoms with Gasteiger partial charge in [-0.15, -0.1) is 11.3 Å². The number of rotatable bonds is 3. The average Bonchev–Trinajstić information content (AvgIpc) is 3.08. The van der Waals surface area contributed by atoms with Crippen molar-refractivity contribution in [3.63, 3.8) is 0 Å². The fourth-order valence-corrected chi connectivity index (χ4v) is 4.14. The van der Waals surface area contributed by atoms with Crippen molar-refractivity contribution in [1.29, 1.82) is 0 Å². The molecule has 0 amide bonds. The summed E-state index contributed by atoms with van der Waals surface area (Å²) in [6, 6.07) is 3.86. The number of furan rings is 1. The molecule has 2 aromatic rings. The van der Waals surface area contributed by atoms with Crippen LogP contribution in [0.5, 0.6) is 0 Å². The van der Waals surface area contributed by atoms with Crippen molar-refractivity contribution in [1.82, 2.24) is 4.98 Å². The lowest BCUT2D eigenvalue weighted by Gasteiger charge is -2.35. The van der Waals surface area contributed by atoms with Gasteiger partial charge in [0.05, 0.1) is 11.8 Å². The van der Waals surface area contributed by atoms with Gasteiger partial charge in [0, 0.05) is 4.88 Å². The van der Waals surface area contributed by atoms with Crippen LogP contribution in [-0.4, -0.2) is 4.98 Å². The monoisotopic (exact) mass is 290 g/mol. The Labute approximate surface area is 124 Å². The van der Waals surface area contributed by atoms with E-state index in [0.29, 0.717) is 0 Å². The van der Waals surface area contributed by atoms with Gasteiger partial charge in [-0.1, -0.05) is 13.3 Å². The van der Waals surface area contributed by atoms with Gasteiger partial charge < -0.3 is 10.2 Å². The standard InChI is InChI=1S/C16H22N2OS/c1-3-12-6-8-16(17,9-7-12)15-18-14(11(2)20-15)13-5-4-10-19-13/h4-5,10,12H,3,6-9,17H2,1-2H3. The van der Waals surface area contributed by atoms with Crippen LogP contribution in [0.1, 0.15) is 48.9 Å². The molecule has 1 aliphatic carbocycles. The summed E-state index contributed by atoms with van der Waals surface area (Å²) in [5.74, 6) is 1.69. The Morgan fingerprint density at radius 2 is 2.20 bits per heavy atom. The van der Waals surface area contributed by atoms with Crippen LogP contribution >= 0.6 is 11.3 Å². The largest absolute Gasteiger partial charge is 0.463 e. The average molecular weight is 290 g/mol. The molecule has 0 bridgehead atoms. The minimum atomic E-state index is -0.230. The second-order valence-corrected chi connectivity index (χ2v) is 7.11. The van der Waals surface area contributed by atoms with Gasteiger partial charge in [-0.2, -0.15) is 0 Å². The molecule has 108 valence electrons. The van der Waals surface area contributed by atoms with E-state index in [-0.39, 0.29) is 5.54 Å². The van der Waals surface area contributed by atoms with E-state index < -0.39 is 0 Å². The second kappa shape index (κ2) is 5.34. The lowest BCUT2D eigenvalue weighted by molar-refractivity contribution is 0.231. The molecule has 2 aromatic heterocycles. The van der Waals surface area contributed by atoms with Crippen molar-refractivity contribution in [2.75, 3.05) is 0 Å². The third-order valence-corrected chi connectivity index (χ3v) is 5.74. The summed E-state index contributed by atoms with van der Waals surface area (Å²) < 4.78 is 5.47. The Balaban J connectivity index is 1.86. The van der Waals surface area contributed by atoms with E-state index in [9.17, 15) is 0 Å². The zero-order valence-electron chi connectivity index (χ0n) is 12.2. The smallest absolute Gasteiger partial charge is 0.153 e. The van der Waals surface area contributed by atoms with Crippen LogP contribution in [0.25, 0.3) is 11.5 Å². The Morgan fingerprint density at radius 3 is 2.80 bits per heavy atom. The first-order valence-electron chi connectivity index (χ1n) is 7.43. The van der Waals surface area contributed by atoms with E-state index in [0.717, 1.165) is 35.2 Å². The predicted molar refractivity (Wildman–Crippen MR) is 82.7 cm³/mol. The number of nitrogens with zero attached hydrogens (tertiary/aromatic N) is 1. The molecular weight excluding hydrogens is 268 g/mol. The third-order valence-electron chi connectivity index (χ3n) is 4.55. The van der Waals surface area contributed by atoms with Crippen molar-refractivity contribution in [2.24, 2.45) is 11.7 Å². The van der Waals surface area contributed by atoms with Crippen LogP contribution in [0.3, 0.4) is 0 Å². The Morgan fingerprint density at radius 1 is 1.45 bits per heavy atom. The Kier molecular flexibility index (Phi) is 3.69. The summed E-state index contributed by atoms with van der Waals surface area (Å²) in [5, 5.41) is 1.08. The van der Waals surface area contributed by atoms with E-state index >= 15 is 0 Å². The van der Waals surface area contributed by atoms with Gasteiger partial charge in [0.2, 0.25) is 0 Å². The van der Waals surface area contributed by atoms with Crippen molar-refractivity contribution < 1.29 is 4.42 Å². The van der Waals surface area contributed by atoms with E-state index in [1.54, 1.807) is 17.6 Å². The van der Waals surface area contributed by atoms with Crippen molar-refractivity contribution in [2.45, 2.75) is 51.5 Å². The van der Waals surface area contributed by atoms with Crippen LogP contribution in [0.15, 0.2) is 22.8 Å². The molecule has 4 heteroatoms. The van der Waals surface area contributed by atoms with Crippen molar-refractivity contribution in [3.8, 4) is 11.5 Å². The molecule has 0 radical (unpaired) electrons. The van der Waals surface area contributed by atoms with Crippen LogP contribution in [-0.2, 0) is 5.54 Å². The predicted octanol–water partition coefficient (Wildman–Crippen LogP) is 4.47. The summed E-state index contributed by atoms with van der Waals surface area (Å²) in [5.41, 5.74) is 7.38. The van der Waals surface area contributed by atoms with E-state index in [1.165, 1.54) is 24.1 Å². The number of hydrogen-bond acceptors (Lipinski definition) is 4. The molecule has 1 aliphatic rings. The Hall–Kier alpha value is -1.13. The van der Waals surface area contributed by atoms with Gasteiger partial charge in [0.25, 0.3) is 0 Å². The minimum Gasteiger partial charge on any atom is -0.463 e. The highest BCUT2D eigenvalue weighted by atomic mass is 32.1. The molecule has 20 heavy (non-hydrogen) atoms. The number of aromatic nitrogens is 1. The molecule has 1 saturated carbocycles. The molecule has 2 N–H and O–H groups in total. The molecule has 0 spiro atoms. The molecule has 1 fully saturated rings. The SMILES string of the molecule is CCC1CCC(N)(c2nc(-c3ccco3)c(C)s2)CC1. The van der Waals surface area contributed by atoms with Crippen LogP contribution in [0.2, 0.25) is 0 Å².